The van der Waals surface area contributed by atoms with Crippen LogP contribution in [-0.2, 0) is 0 Å². The van der Waals surface area contributed by atoms with Gasteiger partial charge in [0.05, 0.1) is 10.6 Å². The van der Waals surface area contributed by atoms with Crippen LogP contribution in [0.3, 0.4) is 0 Å². The van der Waals surface area contributed by atoms with Gasteiger partial charge >= 0.3 is 5.97 Å². The second kappa shape index (κ2) is 4.11. The molecule has 0 atom stereocenters. The van der Waals surface area contributed by atoms with Crippen molar-refractivity contribution in [1.82, 2.24) is 5.16 Å². The van der Waals surface area contributed by atoms with Crippen LogP contribution in [0.1, 0.15) is 10.5 Å². The van der Waals surface area contributed by atoms with Gasteiger partial charge in [0.1, 0.15) is 5.75 Å². The van der Waals surface area contributed by atoms with Crippen molar-refractivity contribution < 1.29 is 29.7 Å². The summed E-state index contributed by atoms with van der Waals surface area (Å²) in [5.74, 6) is -3.28. The van der Waals surface area contributed by atoms with Gasteiger partial charge in [-0.1, -0.05) is 16.8 Å². The number of aromatic carboxylic acids is 1. The van der Waals surface area contributed by atoms with Gasteiger partial charge in [0.25, 0.3) is 0 Å². The fourth-order valence-corrected chi connectivity index (χ4v) is 1.58. The van der Waals surface area contributed by atoms with Gasteiger partial charge in [0, 0.05) is 12.1 Å². The minimum Gasteiger partial charge on any atom is -0.506 e. The fourth-order valence-electron chi connectivity index (χ4n) is 1.34. The van der Waals surface area contributed by atoms with Gasteiger partial charge in [-0.25, -0.2) is 4.79 Å². The highest BCUT2D eigenvalue weighted by molar-refractivity contribution is 6.35. The number of nitrogens with zero attached hydrogens (tertiary/aromatic N) is 1. The summed E-state index contributed by atoms with van der Waals surface area (Å²) in [6.45, 7) is 0. The van der Waals surface area contributed by atoms with Gasteiger partial charge in [-0.05, 0) is 0 Å². The Balaban J connectivity index is 2.66. The van der Waals surface area contributed by atoms with Gasteiger partial charge in [-0.3, -0.25) is 0 Å². The monoisotopic (exact) mass is 271 g/mol. The summed E-state index contributed by atoms with van der Waals surface area (Å²) in [6.07, 6.45) is 0. The van der Waals surface area contributed by atoms with Crippen LogP contribution in [-0.4, -0.2) is 31.6 Å². The topological polar surface area (TPSA) is 124 Å². The highest BCUT2D eigenvalue weighted by Crippen LogP contribution is 2.46. The normalized spacial score (nSPS) is 10.5. The number of phenolic OH excluding ortho intramolecular Hbond substituents is 3. The van der Waals surface area contributed by atoms with Crippen molar-refractivity contribution in [3.63, 3.8) is 0 Å². The summed E-state index contributed by atoms with van der Waals surface area (Å²) in [6, 6.07) is 1.85. The van der Waals surface area contributed by atoms with Crippen molar-refractivity contribution in [3.05, 3.63) is 22.8 Å². The molecule has 1 aromatic heterocycles. The number of hydrogen-bond acceptors (Lipinski definition) is 6. The molecule has 94 valence electrons. The molecule has 0 aliphatic heterocycles. The van der Waals surface area contributed by atoms with E-state index in [0.717, 1.165) is 12.1 Å². The van der Waals surface area contributed by atoms with E-state index in [1.165, 1.54) is 0 Å². The summed E-state index contributed by atoms with van der Waals surface area (Å²) in [4.78, 5) is 10.6. The number of carboxylic acids is 1. The molecule has 0 bridgehead atoms. The highest BCUT2D eigenvalue weighted by atomic mass is 35.5. The van der Waals surface area contributed by atoms with Gasteiger partial charge in [-0.2, -0.15) is 0 Å². The lowest BCUT2D eigenvalue weighted by Crippen LogP contribution is -1.94. The van der Waals surface area contributed by atoms with Crippen LogP contribution >= 0.6 is 11.6 Å². The molecule has 7 nitrogen and oxygen atoms in total. The Kier molecular flexibility index (Phi) is 2.76. The first-order valence-electron chi connectivity index (χ1n) is 4.55. The zero-order valence-corrected chi connectivity index (χ0v) is 9.34. The molecule has 0 saturated heterocycles. The molecule has 0 spiro atoms. The lowest BCUT2D eigenvalue weighted by atomic mass is 10.1. The van der Waals surface area contributed by atoms with Crippen LogP contribution < -0.4 is 0 Å². The van der Waals surface area contributed by atoms with Crippen LogP contribution in [0.15, 0.2) is 16.7 Å². The van der Waals surface area contributed by atoms with E-state index >= 15 is 0 Å². The second-order valence-electron chi connectivity index (χ2n) is 3.33. The Hall–Kier alpha value is -2.41. The van der Waals surface area contributed by atoms with E-state index in [1.54, 1.807) is 0 Å². The first-order valence-corrected chi connectivity index (χ1v) is 4.93. The molecule has 1 heterocycles. The van der Waals surface area contributed by atoms with Crippen molar-refractivity contribution in [1.29, 1.82) is 0 Å². The third-order valence-corrected chi connectivity index (χ3v) is 2.56. The standard InChI is InChI=1S/C10H6ClNO6/c11-8-4(13)2-5(14)9(15)7(8)6-1-3(10(16)17)12-18-6/h1-2,13-15H,(H,16,17). The molecule has 0 aliphatic rings. The Labute approximate surface area is 104 Å². The predicted octanol–water partition coefficient (Wildman–Crippen LogP) is 1.81. The van der Waals surface area contributed by atoms with Crippen LogP contribution in [0.4, 0.5) is 0 Å². The largest absolute Gasteiger partial charge is 0.506 e. The molecule has 0 aliphatic carbocycles. The summed E-state index contributed by atoms with van der Waals surface area (Å²) in [5, 5.41) is 40.0. The number of rotatable bonds is 2. The number of halogens is 1. The predicted molar refractivity (Wildman–Crippen MR) is 58.9 cm³/mol. The van der Waals surface area contributed by atoms with E-state index in [-0.39, 0.29) is 16.3 Å². The van der Waals surface area contributed by atoms with Crippen LogP contribution in [0.2, 0.25) is 5.02 Å². The minimum absolute atomic E-state index is 0.193. The second-order valence-corrected chi connectivity index (χ2v) is 3.71. The van der Waals surface area contributed by atoms with Gasteiger partial charge < -0.3 is 24.9 Å². The van der Waals surface area contributed by atoms with E-state index in [0.29, 0.717) is 0 Å². The first kappa shape index (κ1) is 12.1. The van der Waals surface area contributed by atoms with Crippen molar-refractivity contribution in [2.75, 3.05) is 0 Å². The molecule has 0 unspecified atom stereocenters. The highest BCUT2D eigenvalue weighted by Gasteiger charge is 2.22. The van der Waals surface area contributed by atoms with Crippen molar-refractivity contribution in [2.45, 2.75) is 0 Å². The molecule has 0 radical (unpaired) electrons. The Bertz CT molecular complexity index is 609. The van der Waals surface area contributed by atoms with Gasteiger partial charge in [-0.15, -0.1) is 0 Å². The lowest BCUT2D eigenvalue weighted by Gasteiger charge is -2.07. The molecule has 18 heavy (non-hydrogen) atoms. The van der Waals surface area contributed by atoms with E-state index in [4.69, 9.17) is 16.7 Å². The van der Waals surface area contributed by atoms with Gasteiger partial charge in [0.2, 0.25) is 0 Å². The SMILES string of the molecule is O=C(O)c1cc(-c2c(O)c(O)cc(O)c2Cl)on1. The zero-order chi connectivity index (χ0) is 13.4. The number of phenols is 3. The number of aromatic nitrogens is 1. The first-order chi connectivity index (χ1) is 8.41. The molecule has 0 saturated carbocycles. The average molecular weight is 272 g/mol. The summed E-state index contributed by atoms with van der Waals surface area (Å²) < 4.78 is 4.69. The van der Waals surface area contributed by atoms with Crippen molar-refractivity contribution in [3.8, 4) is 28.6 Å². The molecule has 4 N–H and O–H groups in total. The summed E-state index contributed by atoms with van der Waals surface area (Å²) in [7, 11) is 0. The summed E-state index contributed by atoms with van der Waals surface area (Å²) in [5.41, 5.74) is -0.641. The zero-order valence-electron chi connectivity index (χ0n) is 8.59. The number of hydrogen-bond donors (Lipinski definition) is 4. The maximum absolute atomic E-state index is 10.6. The molecule has 0 amide bonds. The average Bonchev–Trinajstić information content (AvgIpc) is 2.76. The quantitative estimate of drug-likeness (QED) is 0.485. The molecule has 2 rings (SSSR count). The molecule has 8 heteroatoms. The number of aromatic hydroxyl groups is 3. The number of carboxylic acid groups (broad SMARTS) is 1. The van der Waals surface area contributed by atoms with Crippen LogP contribution in [0.5, 0.6) is 17.2 Å². The van der Waals surface area contributed by atoms with E-state index in [1.807, 2.05) is 0 Å². The van der Waals surface area contributed by atoms with Crippen LogP contribution in [0, 0.1) is 0 Å². The molecular formula is C10H6ClNO6. The van der Waals surface area contributed by atoms with E-state index < -0.39 is 28.9 Å². The third-order valence-electron chi connectivity index (χ3n) is 2.17. The van der Waals surface area contributed by atoms with E-state index in [2.05, 4.69) is 9.68 Å². The molecule has 2 aromatic rings. The molecule has 0 fully saturated rings. The maximum atomic E-state index is 10.6. The van der Waals surface area contributed by atoms with Gasteiger partial charge in [0.15, 0.2) is 23.0 Å². The minimum atomic E-state index is -1.33. The Morgan fingerprint density at radius 1 is 1.22 bits per heavy atom. The Morgan fingerprint density at radius 2 is 1.89 bits per heavy atom. The lowest BCUT2D eigenvalue weighted by molar-refractivity contribution is 0.0686. The molecule has 1 aromatic carbocycles. The Morgan fingerprint density at radius 3 is 2.44 bits per heavy atom. The third kappa shape index (κ3) is 1.80. The van der Waals surface area contributed by atoms with Crippen LogP contribution in [0.25, 0.3) is 11.3 Å². The van der Waals surface area contributed by atoms with E-state index in [9.17, 15) is 20.1 Å². The molecular weight excluding hydrogens is 266 g/mol. The number of carbonyl (C=O) groups is 1. The van der Waals surface area contributed by atoms with Crippen molar-refractivity contribution in [2.24, 2.45) is 0 Å². The maximum Gasteiger partial charge on any atom is 0.358 e. The summed E-state index contributed by atoms with van der Waals surface area (Å²) >= 11 is 5.74. The van der Waals surface area contributed by atoms with Crippen molar-refractivity contribution >= 4 is 17.6 Å². The smallest absolute Gasteiger partial charge is 0.358 e. The fraction of sp³-hybridized carbons (Fsp3) is 0. The number of benzene rings is 1.